The van der Waals surface area contributed by atoms with Crippen molar-refractivity contribution in [3.05, 3.63) is 11.6 Å². The van der Waals surface area contributed by atoms with Gasteiger partial charge in [0.05, 0.1) is 29.5 Å². The van der Waals surface area contributed by atoms with E-state index in [4.69, 9.17) is 9.47 Å². The molecule has 6 nitrogen and oxygen atoms in total. The molecule has 10 atom stereocenters. The topological polar surface area (TPSA) is 96.2 Å². The number of halogens is 1. The van der Waals surface area contributed by atoms with Crippen molar-refractivity contribution in [2.45, 2.75) is 141 Å². The predicted octanol–water partition coefficient (Wildman–Crippen LogP) is 4.63. The fraction of sp³-hybridized carbons (Fsp3) is 0.900. The Hall–Kier alpha value is -0.860. The standard InChI is InChI=1S/C30H47FO6/c1-25(2,31)11-10-24-29(7,37-26(3,4)36-24)23-9-13-30(35)18-14-20(32)19-15-21(33)22(34)16-27(19,5)17(18)8-12-28(23,30)6/h14,17,19,21-24,33-35H,8-13,15-16H2,1-7H3/t17-,19-,21+,22-,23-,24+,27+,28+,29+,30+/m0/s1. The van der Waals surface area contributed by atoms with Crippen molar-refractivity contribution in [1.82, 2.24) is 0 Å². The molecule has 0 aromatic rings. The second-order valence-corrected chi connectivity index (χ2v) is 14.6. The summed E-state index contributed by atoms with van der Waals surface area (Å²) < 4.78 is 27.5. The number of aliphatic hydroxyl groups excluding tert-OH is 2. The zero-order valence-electron chi connectivity index (χ0n) is 23.6. The Morgan fingerprint density at radius 2 is 1.73 bits per heavy atom. The van der Waals surface area contributed by atoms with Gasteiger partial charge in [-0.25, -0.2) is 4.39 Å². The molecular weight excluding hydrogens is 475 g/mol. The molecule has 1 saturated heterocycles. The summed E-state index contributed by atoms with van der Waals surface area (Å²) in [6.07, 6.45) is 3.92. The number of rotatable bonds is 4. The van der Waals surface area contributed by atoms with E-state index in [9.17, 15) is 24.5 Å². The number of aliphatic hydroxyl groups is 3. The Morgan fingerprint density at radius 1 is 1.05 bits per heavy atom. The number of carbonyl (C=O) groups is 1. The van der Waals surface area contributed by atoms with Crippen molar-refractivity contribution in [2.75, 3.05) is 0 Å². The summed E-state index contributed by atoms with van der Waals surface area (Å²) >= 11 is 0. The van der Waals surface area contributed by atoms with Gasteiger partial charge in [0.15, 0.2) is 11.6 Å². The Bertz CT molecular complexity index is 987. The highest BCUT2D eigenvalue weighted by Gasteiger charge is 2.71. The van der Waals surface area contributed by atoms with E-state index >= 15 is 0 Å². The molecule has 3 N–H and O–H groups in total. The summed E-state index contributed by atoms with van der Waals surface area (Å²) in [7, 11) is 0. The Balaban J connectivity index is 1.51. The van der Waals surface area contributed by atoms with Crippen LogP contribution in [0.4, 0.5) is 4.39 Å². The summed E-state index contributed by atoms with van der Waals surface area (Å²) in [6.45, 7) is 13.2. The van der Waals surface area contributed by atoms with Gasteiger partial charge in [-0.2, -0.15) is 0 Å². The first-order valence-electron chi connectivity index (χ1n) is 14.3. The van der Waals surface area contributed by atoms with Crippen LogP contribution in [0.1, 0.15) is 99.8 Å². The van der Waals surface area contributed by atoms with E-state index in [1.807, 2.05) is 13.8 Å². The van der Waals surface area contributed by atoms with Crippen LogP contribution in [0.3, 0.4) is 0 Å². The Labute approximate surface area is 221 Å². The zero-order valence-corrected chi connectivity index (χ0v) is 23.6. The molecule has 5 aliphatic rings. The van der Waals surface area contributed by atoms with Crippen LogP contribution in [0, 0.1) is 28.6 Å². The van der Waals surface area contributed by atoms with E-state index in [1.54, 1.807) is 19.9 Å². The Kier molecular flexibility index (Phi) is 6.23. The summed E-state index contributed by atoms with van der Waals surface area (Å²) in [6, 6.07) is 0. The van der Waals surface area contributed by atoms with E-state index < -0.39 is 45.7 Å². The molecule has 1 heterocycles. The van der Waals surface area contributed by atoms with Crippen LogP contribution < -0.4 is 0 Å². The summed E-state index contributed by atoms with van der Waals surface area (Å²) in [5.74, 6) is -1.27. The number of carbonyl (C=O) groups excluding carboxylic acids is 1. The van der Waals surface area contributed by atoms with Crippen LogP contribution in [-0.2, 0) is 14.3 Å². The van der Waals surface area contributed by atoms with E-state index in [2.05, 4.69) is 20.8 Å². The van der Waals surface area contributed by atoms with Gasteiger partial charge in [-0.1, -0.05) is 13.8 Å². The molecule has 0 unspecified atom stereocenters. The van der Waals surface area contributed by atoms with E-state index in [0.29, 0.717) is 25.7 Å². The van der Waals surface area contributed by atoms with Gasteiger partial charge in [0.2, 0.25) is 0 Å². The van der Waals surface area contributed by atoms with E-state index in [1.165, 1.54) is 0 Å². The number of ketones is 1. The van der Waals surface area contributed by atoms with Gasteiger partial charge in [0.1, 0.15) is 5.67 Å². The van der Waals surface area contributed by atoms with Crippen LogP contribution in [0.2, 0.25) is 0 Å². The van der Waals surface area contributed by atoms with Crippen molar-refractivity contribution in [2.24, 2.45) is 28.6 Å². The first-order valence-corrected chi connectivity index (χ1v) is 14.3. The number of hydrogen-bond acceptors (Lipinski definition) is 6. The van der Waals surface area contributed by atoms with Crippen molar-refractivity contribution < 1.29 is 34.0 Å². The van der Waals surface area contributed by atoms with Gasteiger partial charge in [0, 0.05) is 11.3 Å². The van der Waals surface area contributed by atoms with Crippen LogP contribution in [-0.4, -0.2) is 62.1 Å². The molecule has 7 heteroatoms. The number of hydrogen-bond donors (Lipinski definition) is 3. The minimum atomic E-state index is -1.31. The molecular formula is C30H47FO6. The lowest BCUT2D eigenvalue weighted by atomic mass is 9.45. The molecule has 1 aliphatic heterocycles. The average molecular weight is 523 g/mol. The number of allylic oxidation sites excluding steroid dienone is 1. The summed E-state index contributed by atoms with van der Waals surface area (Å²) in [4.78, 5) is 13.4. The number of alkyl halides is 1. The van der Waals surface area contributed by atoms with E-state index in [0.717, 1.165) is 24.8 Å². The highest BCUT2D eigenvalue weighted by Crippen LogP contribution is 2.69. The largest absolute Gasteiger partial charge is 0.390 e. The van der Waals surface area contributed by atoms with Gasteiger partial charge in [-0.15, -0.1) is 0 Å². The lowest BCUT2D eigenvalue weighted by Gasteiger charge is -2.60. The smallest absolute Gasteiger partial charge is 0.164 e. The lowest BCUT2D eigenvalue weighted by molar-refractivity contribution is -0.191. The third-order valence-electron chi connectivity index (χ3n) is 11.3. The molecule has 4 aliphatic carbocycles. The maximum atomic E-state index is 14.5. The highest BCUT2D eigenvalue weighted by atomic mass is 19.1. The third-order valence-corrected chi connectivity index (χ3v) is 11.3. The minimum absolute atomic E-state index is 0.0256. The van der Waals surface area contributed by atoms with E-state index in [-0.39, 0.29) is 36.1 Å². The average Bonchev–Trinajstić information content (AvgIpc) is 3.17. The molecule has 0 aromatic heterocycles. The predicted molar refractivity (Wildman–Crippen MR) is 137 cm³/mol. The molecule has 0 bridgehead atoms. The van der Waals surface area contributed by atoms with Crippen LogP contribution in [0.15, 0.2) is 11.6 Å². The molecule has 37 heavy (non-hydrogen) atoms. The highest BCUT2D eigenvalue weighted by molar-refractivity contribution is 5.95. The fourth-order valence-electron chi connectivity index (χ4n) is 9.48. The zero-order chi connectivity index (χ0) is 27.4. The first kappa shape index (κ1) is 27.7. The van der Waals surface area contributed by atoms with Crippen molar-refractivity contribution in [3.63, 3.8) is 0 Å². The summed E-state index contributed by atoms with van der Waals surface area (Å²) in [5, 5.41) is 33.4. The fourth-order valence-corrected chi connectivity index (χ4v) is 9.48. The van der Waals surface area contributed by atoms with Crippen molar-refractivity contribution in [1.29, 1.82) is 0 Å². The van der Waals surface area contributed by atoms with Gasteiger partial charge in [0.25, 0.3) is 0 Å². The first-order chi connectivity index (χ1) is 16.9. The SMILES string of the molecule is CC(C)(F)CC[C@H]1OC(C)(C)O[C@]1(C)[C@H]1CC[C@@]2(O)C3=CC(=O)[C@@H]4C[C@@H](O)[C@@H](O)C[C@]4(C)[C@H]3CC[C@]12C. The van der Waals surface area contributed by atoms with Gasteiger partial charge in [-0.05, 0) is 115 Å². The number of fused-ring (bicyclic) bond motifs is 5. The minimum Gasteiger partial charge on any atom is -0.390 e. The number of ether oxygens (including phenoxy) is 2. The molecule has 4 fully saturated rings. The maximum absolute atomic E-state index is 14.5. The second kappa shape index (κ2) is 8.33. The quantitative estimate of drug-likeness (QED) is 0.498. The Morgan fingerprint density at radius 3 is 2.38 bits per heavy atom. The van der Waals surface area contributed by atoms with Crippen LogP contribution in [0.5, 0.6) is 0 Å². The molecule has 0 amide bonds. The van der Waals surface area contributed by atoms with Crippen molar-refractivity contribution >= 4 is 5.78 Å². The molecule has 210 valence electrons. The monoisotopic (exact) mass is 522 g/mol. The maximum Gasteiger partial charge on any atom is 0.164 e. The normalized spacial score (nSPS) is 51.3. The molecule has 0 radical (unpaired) electrons. The molecule has 0 aromatic carbocycles. The molecule has 0 spiro atoms. The van der Waals surface area contributed by atoms with Crippen molar-refractivity contribution in [3.8, 4) is 0 Å². The van der Waals surface area contributed by atoms with Gasteiger partial charge in [-0.3, -0.25) is 4.79 Å². The lowest BCUT2D eigenvalue weighted by Crippen LogP contribution is -2.62. The molecule has 5 rings (SSSR count). The molecule has 3 saturated carbocycles. The third kappa shape index (κ3) is 4.01. The second-order valence-electron chi connectivity index (χ2n) is 14.6. The van der Waals surface area contributed by atoms with Crippen LogP contribution >= 0.6 is 0 Å². The summed E-state index contributed by atoms with van der Waals surface area (Å²) in [5.41, 5.74) is -3.44. The van der Waals surface area contributed by atoms with Crippen LogP contribution in [0.25, 0.3) is 0 Å². The van der Waals surface area contributed by atoms with Gasteiger partial charge >= 0.3 is 0 Å². The van der Waals surface area contributed by atoms with Gasteiger partial charge < -0.3 is 24.8 Å².